The molecule has 1 aromatic rings. The molecule has 116 valence electrons. The molecule has 4 heteroatoms. The number of hydrogen-bond donors (Lipinski definition) is 1. The van der Waals surface area contributed by atoms with Crippen LogP contribution in [0.5, 0.6) is 0 Å². The van der Waals surface area contributed by atoms with Crippen LogP contribution >= 0.6 is 27.3 Å². The van der Waals surface area contributed by atoms with E-state index in [0.717, 1.165) is 24.9 Å². The van der Waals surface area contributed by atoms with Gasteiger partial charge in [0.2, 0.25) is 0 Å². The molecule has 2 unspecified atom stereocenters. The Labute approximate surface area is 140 Å². The maximum atomic E-state index is 3.94. The average molecular weight is 369 g/mol. The largest absolute Gasteiger partial charge is 0.308 e. The number of thiophene rings is 1. The zero-order chi connectivity index (χ0) is 14.7. The smallest absolute Gasteiger partial charge is 0.0701 e. The molecule has 0 radical (unpaired) electrons. The van der Waals surface area contributed by atoms with Crippen molar-refractivity contribution in [1.82, 2.24) is 10.2 Å². The summed E-state index contributed by atoms with van der Waals surface area (Å²) in [5.74, 6) is 1.80. The van der Waals surface area contributed by atoms with Crippen LogP contribution in [0.15, 0.2) is 15.9 Å². The number of nitrogens with one attached hydrogen (secondary N) is 1. The van der Waals surface area contributed by atoms with E-state index in [-0.39, 0.29) is 0 Å². The predicted octanol–water partition coefficient (Wildman–Crippen LogP) is 4.25. The van der Waals surface area contributed by atoms with Crippen LogP contribution in [0.2, 0.25) is 0 Å². The van der Waals surface area contributed by atoms with Crippen LogP contribution in [-0.4, -0.2) is 29.1 Å². The molecular formula is C17H25BrN2S. The minimum Gasteiger partial charge on any atom is -0.308 e. The van der Waals surface area contributed by atoms with Crippen LogP contribution in [-0.2, 0) is 6.54 Å². The fourth-order valence-electron chi connectivity index (χ4n) is 4.09. The van der Waals surface area contributed by atoms with Crippen LogP contribution in [0.4, 0.5) is 0 Å². The molecule has 3 aliphatic rings. The SMILES string of the molecule is CC1(C2CC2)CN(Cc2ccc(Br)s2)C(C)(C2CC2)CN1. The standard InChI is InChI=1S/C17H25BrN2S/c1-16(12-3-4-12)11-20(9-14-7-8-15(18)21-14)17(2,10-19-16)13-5-6-13/h7-8,12-13,19H,3-6,9-11H2,1-2H3. The van der Waals surface area contributed by atoms with Gasteiger partial charge in [0, 0.05) is 35.6 Å². The van der Waals surface area contributed by atoms with E-state index in [1.165, 1.54) is 40.9 Å². The molecule has 3 fully saturated rings. The van der Waals surface area contributed by atoms with Gasteiger partial charge in [-0.3, -0.25) is 4.90 Å². The van der Waals surface area contributed by atoms with Crippen molar-refractivity contribution < 1.29 is 0 Å². The van der Waals surface area contributed by atoms with Crippen molar-refractivity contribution in [1.29, 1.82) is 0 Å². The zero-order valence-electron chi connectivity index (χ0n) is 13.0. The van der Waals surface area contributed by atoms with Crippen molar-refractivity contribution >= 4 is 27.3 Å². The molecular weight excluding hydrogens is 344 g/mol. The Kier molecular flexibility index (Phi) is 3.53. The van der Waals surface area contributed by atoms with Gasteiger partial charge in [-0.2, -0.15) is 0 Å². The van der Waals surface area contributed by atoms with Gasteiger partial charge >= 0.3 is 0 Å². The maximum Gasteiger partial charge on any atom is 0.0701 e. The molecule has 0 aromatic carbocycles. The molecule has 0 amide bonds. The van der Waals surface area contributed by atoms with Crippen molar-refractivity contribution in [3.05, 3.63) is 20.8 Å². The lowest BCUT2D eigenvalue weighted by Gasteiger charge is -2.53. The van der Waals surface area contributed by atoms with E-state index < -0.39 is 0 Å². The van der Waals surface area contributed by atoms with Crippen LogP contribution in [0, 0.1) is 11.8 Å². The van der Waals surface area contributed by atoms with E-state index in [2.05, 4.69) is 52.1 Å². The molecule has 2 saturated carbocycles. The van der Waals surface area contributed by atoms with Gasteiger partial charge in [0.25, 0.3) is 0 Å². The Bertz CT molecular complexity index is 537. The van der Waals surface area contributed by atoms with Gasteiger partial charge in [0.15, 0.2) is 0 Å². The number of halogens is 1. The first-order valence-corrected chi connectivity index (χ1v) is 9.85. The summed E-state index contributed by atoms with van der Waals surface area (Å²) in [7, 11) is 0. The summed E-state index contributed by atoms with van der Waals surface area (Å²) in [6.07, 6.45) is 5.68. The van der Waals surface area contributed by atoms with Gasteiger partial charge in [0.1, 0.15) is 0 Å². The maximum absolute atomic E-state index is 3.94. The van der Waals surface area contributed by atoms with Gasteiger partial charge < -0.3 is 5.32 Å². The second-order valence-electron chi connectivity index (χ2n) is 7.74. The van der Waals surface area contributed by atoms with Crippen molar-refractivity contribution in [2.75, 3.05) is 13.1 Å². The molecule has 1 saturated heterocycles. The van der Waals surface area contributed by atoms with Gasteiger partial charge in [-0.25, -0.2) is 0 Å². The summed E-state index contributed by atoms with van der Waals surface area (Å²) in [5.41, 5.74) is 0.688. The lowest BCUT2D eigenvalue weighted by atomic mass is 9.83. The van der Waals surface area contributed by atoms with E-state index >= 15 is 0 Å². The highest BCUT2D eigenvalue weighted by molar-refractivity contribution is 9.11. The van der Waals surface area contributed by atoms with E-state index in [9.17, 15) is 0 Å². The molecule has 2 heterocycles. The molecule has 21 heavy (non-hydrogen) atoms. The predicted molar refractivity (Wildman–Crippen MR) is 92.7 cm³/mol. The van der Waals surface area contributed by atoms with Crippen LogP contribution < -0.4 is 5.32 Å². The first kappa shape index (κ1) is 14.7. The van der Waals surface area contributed by atoms with E-state index in [0.29, 0.717) is 11.1 Å². The number of nitrogens with zero attached hydrogens (tertiary/aromatic N) is 1. The Morgan fingerprint density at radius 1 is 1.24 bits per heavy atom. The normalized spacial score (nSPS) is 37.9. The molecule has 1 aromatic heterocycles. The molecule has 1 aliphatic heterocycles. The third-order valence-electron chi connectivity index (χ3n) is 6.00. The van der Waals surface area contributed by atoms with Crippen molar-refractivity contribution in [2.45, 2.75) is 57.2 Å². The highest BCUT2D eigenvalue weighted by Gasteiger charge is 2.54. The van der Waals surface area contributed by atoms with Gasteiger partial charge in [-0.15, -0.1) is 11.3 Å². The first-order valence-electron chi connectivity index (χ1n) is 8.24. The zero-order valence-corrected chi connectivity index (χ0v) is 15.4. The summed E-state index contributed by atoms with van der Waals surface area (Å²) in [6, 6.07) is 4.48. The molecule has 2 aliphatic carbocycles. The molecule has 1 N–H and O–H groups in total. The van der Waals surface area contributed by atoms with Crippen molar-refractivity contribution in [2.24, 2.45) is 11.8 Å². The summed E-state index contributed by atoms with van der Waals surface area (Å²) in [4.78, 5) is 4.30. The minimum absolute atomic E-state index is 0.336. The average Bonchev–Trinajstić information content (AvgIpc) is 3.33. The third-order valence-corrected chi connectivity index (χ3v) is 7.61. The van der Waals surface area contributed by atoms with E-state index in [1.807, 2.05) is 11.3 Å². The molecule has 0 bridgehead atoms. The van der Waals surface area contributed by atoms with Crippen molar-refractivity contribution in [3.8, 4) is 0 Å². The van der Waals surface area contributed by atoms with Crippen LogP contribution in [0.1, 0.15) is 44.4 Å². The molecule has 0 spiro atoms. The van der Waals surface area contributed by atoms with Crippen LogP contribution in [0.25, 0.3) is 0 Å². The topological polar surface area (TPSA) is 15.3 Å². The van der Waals surface area contributed by atoms with Crippen LogP contribution in [0.3, 0.4) is 0 Å². The summed E-state index contributed by atoms with van der Waals surface area (Å²) < 4.78 is 1.26. The van der Waals surface area contributed by atoms with Gasteiger partial charge in [0.05, 0.1) is 3.79 Å². The fraction of sp³-hybridized carbons (Fsp3) is 0.765. The number of rotatable bonds is 4. The lowest BCUT2D eigenvalue weighted by molar-refractivity contribution is -0.00638. The first-order chi connectivity index (χ1) is 9.99. The summed E-state index contributed by atoms with van der Waals surface area (Å²) in [5, 5.41) is 3.94. The Morgan fingerprint density at radius 2 is 1.95 bits per heavy atom. The Hall–Kier alpha value is 0.1000. The Balaban J connectivity index is 1.57. The van der Waals surface area contributed by atoms with Gasteiger partial charge in [-0.1, -0.05) is 0 Å². The Morgan fingerprint density at radius 3 is 2.52 bits per heavy atom. The molecule has 4 rings (SSSR count). The number of piperazine rings is 1. The number of hydrogen-bond acceptors (Lipinski definition) is 3. The minimum atomic E-state index is 0.336. The van der Waals surface area contributed by atoms with Crippen molar-refractivity contribution in [3.63, 3.8) is 0 Å². The molecule has 2 atom stereocenters. The van der Waals surface area contributed by atoms with E-state index in [1.54, 1.807) is 0 Å². The highest BCUT2D eigenvalue weighted by Crippen LogP contribution is 2.49. The van der Waals surface area contributed by atoms with E-state index in [4.69, 9.17) is 0 Å². The highest BCUT2D eigenvalue weighted by atomic mass is 79.9. The second-order valence-corrected chi connectivity index (χ2v) is 10.3. The third kappa shape index (κ3) is 2.73. The fourth-order valence-corrected chi connectivity index (χ4v) is 5.59. The quantitative estimate of drug-likeness (QED) is 0.854. The summed E-state index contributed by atoms with van der Waals surface area (Å²) >= 11 is 5.50. The van der Waals surface area contributed by atoms with Gasteiger partial charge in [-0.05, 0) is 79.4 Å². The lowest BCUT2D eigenvalue weighted by Crippen LogP contribution is -2.69. The monoisotopic (exact) mass is 368 g/mol. The molecule has 2 nitrogen and oxygen atoms in total. The summed E-state index contributed by atoms with van der Waals surface area (Å²) in [6.45, 7) is 8.44. The second kappa shape index (κ2) is 5.05.